The van der Waals surface area contributed by atoms with Crippen molar-refractivity contribution in [1.82, 2.24) is 4.98 Å². The fourth-order valence-electron chi connectivity index (χ4n) is 3.34. The van der Waals surface area contributed by atoms with Gasteiger partial charge in [-0.15, -0.1) is 0 Å². The maximum Gasteiger partial charge on any atom is 0.142 e. The van der Waals surface area contributed by atoms with E-state index in [1.807, 2.05) is 97.1 Å². The van der Waals surface area contributed by atoms with E-state index in [-0.39, 0.29) is 0 Å². The molecule has 0 saturated heterocycles. The van der Waals surface area contributed by atoms with Crippen molar-refractivity contribution in [3.05, 3.63) is 126 Å². The Labute approximate surface area is 159 Å². The van der Waals surface area contributed by atoms with Gasteiger partial charge in [-0.2, -0.15) is 0 Å². The van der Waals surface area contributed by atoms with Gasteiger partial charge >= 0.3 is 0 Å². The van der Waals surface area contributed by atoms with Crippen LogP contribution in [-0.2, 0) is 5.60 Å². The molecule has 0 atom stereocenters. The Morgan fingerprint density at radius 1 is 0.667 bits per heavy atom. The summed E-state index contributed by atoms with van der Waals surface area (Å²) in [6.45, 7) is 0. The molecule has 4 aromatic rings. The van der Waals surface area contributed by atoms with Gasteiger partial charge in [-0.05, 0) is 29.3 Å². The highest BCUT2D eigenvalue weighted by Gasteiger charge is 2.35. The number of anilines is 2. The number of rotatable bonds is 5. The largest absolute Gasteiger partial charge is 0.376 e. The SMILES string of the molecule is OC(c1ccccc1)(c1ccccc1)c1ccccc1Nc1cccnc1. The van der Waals surface area contributed by atoms with Crippen molar-refractivity contribution in [3.63, 3.8) is 0 Å². The Balaban J connectivity index is 1.90. The highest BCUT2D eigenvalue weighted by atomic mass is 16.3. The zero-order valence-corrected chi connectivity index (χ0v) is 14.8. The van der Waals surface area contributed by atoms with Crippen molar-refractivity contribution in [2.45, 2.75) is 5.60 Å². The summed E-state index contributed by atoms with van der Waals surface area (Å²) in [5.74, 6) is 0. The minimum atomic E-state index is -1.28. The molecule has 0 spiro atoms. The molecule has 0 unspecified atom stereocenters. The molecular weight excluding hydrogens is 332 g/mol. The highest BCUT2D eigenvalue weighted by Crippen LogP contribution is 2.40. The topological polar surface area (TPSA) is 45.1 Å². The lowest BCUT2D eigenvalue weighted by molar-refractivity contribution is 0.126. The number of aromatic nitrogens is 1. The fraction of sp³-hybridized carbons (Fsp3) is 0.0417. The van der Waals surface area contributed by atoms with Gasteiger partial charge in [-0.3, -0.25) is 4.98 Å². The van der Waals surface area contributed by atoms with Gasteiger partial charge in [0.1, 0.15) is 5.60 Å². The quantitative estimate of drug-likeness (QED) is 0.491. The van der Waals surface area contributed by atoms with E-state index in [0.717, 1.165) is 28.1 Å². The molecule has 0 fully saturated rings. The highest BCUT2D eigenvalue weighted by molar-refractivity contribution is 5.67. The molecule has 0 saturated carbocycles. The predicted octanol–water partition coefficient (Wildman–Crippen LogP) is 5.11. The number of aliphatic hydroxyl groups is 1. The Morgan fingerprint density at radius 2 is 1.26 bits per heavy atom. The third kappa shape index (κ3) is 3.33. The lowest BCUT2D eigenvalue weighted by Crippen LogP contribution is -2.29. The second-order valence-corrected chi connectivity index (χ2v) is 6.35. The molecule has 27 heavy (non-hydrogen) atoms. The third-order valence-electron chi connectivity index (χ3n) is 4.64. The molecule has 1 heterocycles. The summed E-state index contributed by atoms with van der Waals surface area (Å²) in [5.41, 5.74) is 2.84. The monoisotopic (exact) mass is 352 g/mol. The number of hydrogen-bond acceptors (Lipinski definition) is 3. The average molecular weight is 352 g/mol. The molecular formula is C24H20N2O. The van der Waals surface area contributed by atoms with Crippen molar-refractivity contribution in [2.75, 3.05) is 5.32 Å². The molecule has 1 aromatic heterocycles. The summed E-state index contributed by atoms with van der Waals surface area (Å²) in [7, 11) is 0. The van der Waals surface area contributed by atoms with E-state index in [9.17, 15) is 5.11 Å². The second-order valence-electron chi connectivity index (χ2n) is 6.35. The van der Waals surface area contributed by atoms with Crippen molar-refractivity contribution >= 4 is 11.4 Å². The number of nitrogens with zero attached hydrogens (tertiary/aromatic N) is 1. The van der Waals surface area contributed by atoms with E-state index in [0.29, 0.717) is 0 Å². The maximum atomic E-state index is 12.0. The fourth-order valence-corrected chi connectivity index (χ4v) is 3.34. The van der Waals surface area contributed by atoms with Crippen LogP contribution in [-0.4, -0.2) is 10.1 Å². The standard InChI is InChI=1S/C24H20N2O/c27-24(19-10-3-1-4-11-19,20-12-5-2-6-13-20)22-15-7-8-16-23(22)26-21-14-9-17-25-18-21/h1-18,26-27H. The Bertz CT molecular complexity index is 962. The second kappa shape index (κ2) is 7.44. The first-order chi connectivity index (χ1) is 13.3. The van der Waals surface area contributed by atoms with Gasteiger partial charge in [0.25, 0.3) is 0 Å². The van der Waals surface area contributed by atoms with E-state index < -0.39 is 5.60 Å². The van der Waals surface area contributed by atoms with Crippen LogP contribution in [0.1, 0.15) is 16.7 Å². The van der Waals surface area contributed by atoms with Gasteiger partial charge < -0.3 is 10.4 Å². The first-order valence-corrected chi connectivity index (χ1v) is 8.88. The summed E-state index contributed by atoms with van der Waals surface area (Å²) in [4.78, 5) is 4.16. The van der Waals surface area contributed by atoms with Gasteiger partial charge in [-0.1, -0.05) is 78.9 Å². The summed E-state index contributed by atoms with van der Waals surface area (Å²) in [5, 5.41) is 15.4. The summed E-state index contributed by atoms with van der Waals surface area (Å²) in [6, 6.07) is 31.2. The normalized spacial score (nSPS) is 11.1. The van der Waals surface area contributed by atoms with E-state index in [4.69, 9.17) is 0 Å². The molecule has 3 heteroatoms. The van der Waals surface area contributed by atoms with Crippen molar-refractivity contribution in [3.8, 4) is 0 Å². The predicted molar refractivity (Wildman–Crippen MR) is 109 cm³/mol. The van der Waals surface area contributed by atoms with Crippen LogP contribution in [0.5, 0.6) is 0 Å². The molecule has 132 valence electrons. The van der Waals surface area contributed by atoms with E-state index in [1.54, 1.807) is 12.4 Å². The average Bonchev–Trinajstić information content (AvgIpc) is 2.75. The van der Waals surface area contributed by atoms with Crippen LogP contribution in [0.15, 0.2) is 109 Å². The summed E-state index contributed by atoms with van der Waals surface area (Å²) in [6.07, 6.45) is 3.50. The van der Waals surface area contributed by atoms with Crippen molar-refractivity contribution in [2.24, 2.45) is 0 Å². The molecule has 0 radical (unpaired) electrons. The van der Waals surface area contributed by atoms with Crippen LogP contribution in [0.4, 0.5) is 11.4 Å². The molecule has 0 bridgehead atoms. The van der Waals surface area contributed by atoms with Crippen LogP contribution in [0.25, 0.3) is 0 Å². The van der Waals surface area contributed by atoms with Gasteiger partial charge in [0.05, 0.1) is 11.9 Å². The van der Waals surface area contributed by atoms with Crippen LogP contribution in [0.3, 0.4) is 0 Å². The first-order valence-electron chi connectivity index (χ1n) is 8.88. The first kappa shape index (κ1) is 17.0. The lowest BCUT2D eigenvalue weighted by Gasteiger charge is -2.32. The van der Waals surface area contributed by atoms with Crippen LogP contribution < -0.4 is 5.32 Å². The van der Waals surface area contributed by atoms with E-state index >= 15 is 0 Å². The van der Waals surface area contributed by atoms with Crippen LogP contribution >= 0.6 is 0 Å². The zero-order chi connectivity index (χ0) is 18.5. The van der Waals surface area contributed by atoms with Crippen LogP contribution in [0.2, 0.25) is 0 Å². The van der Waals surface area contributed by atoms with E-state index in [2.05, 4.69) is 10.3 Å². The molecule has 2 N–H and O–H groups in total. The molecule has 3 aromatic carbocycles. The number of nitrogens with one attached hydrogen (secondary N) is 1. The minimum Gasteiger partial charge on any atom is -0.376 e. The van der Waals surface area contributed by atoms with E-state index in [1.165, 1.54) is 0 Å². The molecule has 4 rings (SSSR count). The zero-order valence-electron chi connectivity index (χ0n) is 14.8. The Morgan fingerprint density at radius 3 is 1.85 bits per heavy atom. The van der Waals surface area contributed by atoms with Gasteiger partial charge in [0.15, 0.2) is 0 Å². The lowest BCUT2D eigenvalue weighted by atomic mass is 9.79. The molecule has 0 amide bonds. The molecule has 0 aliphatic heterocycles. The van der Waals surface area contributed by atoms with Crippen molar-refractivity contribution < 1.29 is 5.11 Å². The number of benzene rings is 3. The van der Waals surface area contributed by atoms with Gasteiger partial charge in [0, 0.05) is 17.4 Å². The molecule has 0 aliphatic rings. The maximum absolute atomic E-state index is 12.0. The van der Waals surface area contributed by atoms with Gasteiger partial charge in [0.2, 0.25) is 0 Å². The smallest absolute Gasteiger partial charge is 0.142 e. The Kier molecular flexibility index (Phi) is 4.69. The molecule has 3 nitrogen and oxygen atoms in total. The van der Waals surface area contributed by atoms with Crippen LogP contribution in [0, 0.1) is 0 Å². The van der Waals surface area contributed by atoms with Crippen molar-refractivity contribution in [1.29, 1.82) is 0 Å². The summed E-state index contributed by atoms with van der Waals surface area (Å²) >= 11 is 0. The minimum absolute atomic E-state index is 0.784. The number of para-hydroxylation sites is 1. The summed E-state index contributed by atoms with van der Waals surface area (Å²) < 4.78 is 0. The molecule has 0 aliphatic carbocycles. The third-order valence-corrected chi connectivity index (χ3v) is 4.64. The Hall–Kier alpha value is -3.43. The number of hydrogen-bond donors (Lipinski definition) is 2. The number of pyridine rings is 1. The van der Waals surface area contributed by atoms with Gasteiger partial charge in [-0.25, -0.2) is 0 Å².